The third kappa shape index (κ3) is 3.69. The SMILES string of the molecule is CCNC(C=O)C(O)C(O)C(O)CO. The molecule has 4 unspecified atom stereocenters. The van der Waals surface area contributed by atoms with Gasteiger partial charge in [-0.3, -0.25) is 0 Å². The molecule has 5 N–H and O–H groups in total. The highest BCUT2D eigenvalue weighted by molar-refractivity contribution is 5.58. The zero-order valence-corrected chi connectivity index (χ0v) is 8.00. The van der Waals surface area contributed by atoms with E-state index < -0.39 is 31.0 Å². The number of carbonyl (C=O) groups is 1. The molecule has 0 amide bonds. The molecule has 0 fully saturated rings. The van der Waals surface area contributed by atoms with Crippen molar-refractivity contribution in [2.45, 2.75) is 31.3 Å². The van der Waals surface area contributed by atoms with Crippen LogP contribution in [0.25, 0.3) is 0 Å². The summed E-state index contributed by atoms with van der Waals surface area (Å²) in [5.74, 6) is 0. The van der Waals surface area contributed by atoms with E-state index in [1.165, 1.54) is 0 Å². The number of carbonyl (C=O) groups excluding carboxylic acids is 1. The highest BCUT2D eigenvalue weighted by Gasteiger charge is 2.30. The normalized spacial score (nSPS) is 19.8. The standard InChI is InChI=1S/C8H17NO5/c1-2-9-5(3-10)7(13)8(14)6(12)4-11/h3,5-9,11-14H,2,4H2,1H3. The van der Waals surface area contributed by atoms with Crippen LogP contribution in [0, 0.1) is 0 Å². The minimum absolute atomic E-state index is 0.446. The monoisotopic (exact) mass is 207 g/mol. The number of rotatable bonds is 7. The van der Waals surface area contributed by atoms with Crippen molar-refractivity contribution in [1.82, 2.24) is 5.32 Å². The Kier molecular flexibility index (Phi) is 6.60. The quantitative estimate of drug-likeness (QED) is 0.289. The Morgan fingerprint density at radius 1 is 1.29 bits per heavy atom. The summed E-state index contributed by atoms with van der Waals surface area (Å²) in [7, 11) is 0. The zero-order valence-electron chi connectivity index (χ0n) is 8.00. The average molecular weight is 207 g/mol. The van der Waals surface area contributed by atoms with Crippen molar-refractivity contribution >= 4 is 6.29 Å². The molecule has 6 heteroatoms. The Hall–Kier alpha value is -0.530. The van der Waals surface area contributed by atoms with Gasteiger partial charge in [-0.1, -0.05) is 6.92 Å². The summed E-state index contributed by atoms with van der Waals surface area (Å²) in [6.45, 7) is 1.51. The van der Waals surface area contributed by atoms with Crippen LogP contribution in [0.15, 0.2) is 0 Å². The van der Waals surface area contributed by atoms with E-state index in [2.05, 4.69) is 5.32 Å². The Morgan fingerprint density at radius 3 is 2.21 bits per heavy atom. The molecular formula is C8H17NO5. The van der Waals surface area contributed by atoms with E-state index in [4.69, 9.17) is 10.2 Å². The summed E-state index contributed by atoms with van der Waals surface area (Å²) in [5, 5.41) is 38.8. The number of hydrogen-bond donors (Lipinski definition) is 5. The predicted molar refractivity (Wildman–Crippen MR) is 48.6 cm³/mol. The second-order valence-electron chi connectivity index (χ2n) is 2.95. The molecule has 0 aliphatic carbocycles. The molecule has 0 aliphatic heterocycles. The Bertz CT molecular complexity index is 166. The van der Waals surface area contributed by atoms with Gasteiger partial charge in [0.25, 0.3) is 0 Å². The summed E-state index contributed by atoms with van der Waals surface area (Å²) in [5.41, 5.74) is 0. The molecule has 0 aromatic carbocycles. The first-order valence-corrected chi connectivity index (χ1v) is 4.42. The Balaban J connectivity index is 4.25. The van der Waals surface area contributed by atoms with Crippen LogP contribution in [-0.2, 0) is 4.79 Å². The topological polar surface area (TPSA) is 110 Å². The number of likely N-dealkylation sites (N-methyl/N-ethyl adjacent to an activating group) is 1. The second kappa shape index (κ2) is 6.86. The highest BCUT2D eigenvalue weighted by atomic mass is 16.4. The van der Waals surface area contributed by atoms with Crippen molar-refractivity contribution in [3.63, 3.8) is 0 Å². The van der Waals surface area contributed by atoms with Gasteiger partial charge >= 0.3 is 0 Å². The molecule has 0 radical (unpaired) electrons. The molecule has 0 aliphatic rings. The van der Waals surface area contributed by atoms with Crippen molar-refractivity contribution in [2.24, 2.45) is 0 Å². The molecule has 84 valence electrons. The summed E-state index contributed by atoms with van der Waals surface area (Å²) in [6.07, 6.45) is -3.99. The first-order valence-electron chi connectivity index (χ1n) is 4.42. The van der Waals surface area contributed by atoms with Crippen LogP contribution in [0.4, 0.5) is 0 Å². The number of aldehydes is 1. The Labute approximate surface area is 82.2 Å². The van der Waals surface area contributed by atoms with Gasteiger partial charge in [0.2, 0.25) is 0 Å². The van der Waals surface area contributed by atoms with Crippen LogP contribution in [0.3, 0.4) is 0 Å². The van der Waals surface area contributed by atoms with Gasteiger partial charge in [0.15, 0.2) is 0 Å². The molecule has 0 aromatic rings. The lowest BCUT2D eigenvalue weighted by Crippen LogP contribution is -2.51. The van der Waals surface area contributed by atoms with E-state index in [0.29, 0.717) is 12.8 Å². The van der Waals surface area contributed by atoms with E-state index in [1.54, 1.807) is 6.92 Å². The van der Waals surface area contributed by atoms with Gasteiger partial charge in [-0.15, -0.1) is 0 Å². The number of nitrogens with one attached hydrogen (secondary N) is 1. The van der Waals surface area contributed by atoms with Crippen LogP contribution in [0.5, 0.6) is 0 Å². The van der Waals surface area contributed by atoms with E-state index in [-0.39, 0.29) is 0 Å². The van der Waals surface area contributed by atoms with Crippen molar-refractivity contribution in [3.05, 3.63) is 0 Å². The van der Waals surface area contributed by atoms with Crippen molar-refractivity contribution in [2.75, 3.05) is 13.2 Å². The fourth-order valence-electron chi connectivity index (χ4n) is 1.03. The minimum Gasteiger partial charge on any atom is -0.394 e. The van der Waals surface area contributed by atoms with Crippen LogP contribution < -0.4 is 5.32 Å². The lowest BCUT2D eigenvalue weighted by molar-refractivity contribution is -0.120. The maximum atomic E-state index is 10.5. The van der Waals surface area contributed by atoms with Gasteiger partial charge in [-0.25, -0.2) is 0 Å². The van der Waals surface area contributed by atoms with Gasteiger partial charge < -0.3 is 30.5 Å². The highest BCUT2D eigenvalue weighted by Crippen LogP contribution is 2.03. The molecule has 0 saturated heterocycles. The van der Waals surface area contributed by atoms with Crippen LogP contribution >= 0.6 is 0 Å². The molecule has 0 saturated carbocycles. The number of aliphatic hydroxyl groups excluding tert-OH is 4. The Morgan fingerprint density at radius 2 is 1.86 bits per heavy atom. The third-order valence-corrected chi connectivity index (χ3v) is 1.89. The van der Waals surface area contributed by atoms with Crippen molar-refractivity contribution in [3.8, 4) is 0 Å². The van der Waals surface area contributed by atoms with E-state index in [9.17, 15) is 15.0 Å². The lowest BCUT2D eigenvalue weighted by atomic mass is 10.0. The smallest absolute Gasteiger partial charge is 0.139 e. The number of hydrogen-bond acceptors (Lipinski definition) is 6. The lowest BCUT2D eigenvalue weighted by Gasteiger charge is -2.25. The van der Waals surface area contributed by atoms with Crippen molar-refractivity contribution in [1.29, 1.82) is 0 Å². The molecule has 0 heterocycles. The molecule has 4 atom stereocenters. The summed E-state index contributed by atoms with van der Waals surface area (Å²) in [4.78, 5) is 10.5. The van der Waals surface area contributed by atoms with E-state index in [0.717, 1.165) is 0 Å². The van der Waals surface area contributed by atoms with Gasteiger partial charge in [-0.2, -0.15) is 0 Å². The maximum Gasteiger partial charge on any atom is 0.139 e. The molecule has 0 bridgehead atoms. The molecular weight excluding hydrogens is 190 g/mol. The first kappa shape index (κ1) is 13.5. The molecule has 0 spiro atoms. The van der Waals surface area contributed by atoms with Crippen LogP contribution in [-0.4, -0.2) is 64.2 Å². The van der Waals surface area contributed by atoms with Gasteiger partial charge in [0.1, 0.15) is 24.6 Å². The fraction of sp³-hybridized carbons (Fsp3) is 0.875. The molecule has 0 rings (SSSR count). The van der Waals surface area contributed by atoms with E-state index >= 15 is 0 Å². The minimum atomic E-state index is -1.55. The van der Waals surface area contributed by atoms with Crippen LogP contribution in [0.2, 0.25) is 0 Å². The van der Waals surface area contributed by atoms with Gasteiger partial charge in [0, 0.05) is 0 Å². The first-order chi connectivity index (χ1) is 6.58. The zero-order chi connectivity index (χ0) is 11.1. The largest absolute Gasteiger partial charge is 0.394 e. The predicted octanol–water partition coefficient (Wildman–Crippen LogP) is -2.76. The average Bonchev–Trinajstić information content (AvgIpc) is 2.22. The van der Waals surface area contributed by atoms with Gasteiger partial charge in [0.05, 0.1) is 12.6 Å². The fourth-order valence-corrected chi connectivity index (χ4v) is 1.03. The molecule has 6 nitrogen and oxygen atoms in total. The molecule has 0 aromatic heterocycles. The summed E-state index contributed by atoms with van der Waals surface area (Å²) < 4.78 is 0. The summed E-state index contributed by atoms with van der Waals surface area (Å²) >= 11 is 0. The van der Waals surface area contributed by atoms with E-state index in [1.807, 2.05) is 0 Å². The number of aliphatic hydroxyl groups is 4. The van der Waals surface area contributed by atoms with Crippen molar-refractivity contribution < 1.29 is 25.2 Å². The van der Waals surface area contributed by atoms with Crippen LogP contribution in [0.1, 0.15) is 6.92 Å². The second-order valence-corrected chi connectivity index (χ2v) is 2.95. The van der Waals surface area contributed by atoms with Gasteiger partial charge in [-0.05, 0) is 6.54 Å². The maximum absolute atomic E-state index is 10.5. The summed E-state index contributed by atoms with van der Waals surface area (Å²) in [6, 6.07) is -0.948. The molecule has 14 heavy (non-hydrogen) atoms. The third-order valence-electron chi connectivity index (χ3n) is 1.89.